The monoisotopic (exact) mass is 291 g/mol. The summed E-state index contributed by atoms with van der Waals surface area (Å²) in [6, 6.07) is 0. The molecule has 2 N–H and O–H groups in total. The minimum atomic E-state index is 0.642. The topological polar surface area (TPSA) is 51.8 Å². The summed E-state index contributed by atoms with van der Waals surface area (Å²) in [5.74, 6) is 2.19. The van der Waals surface area contributed by atoms with Crippen molar-refractivity contribution < 1.29 is 0 Å². The first-order chi connectivity index (χ1) is 9.19. The number of nitrogen functional groups attached to an aromatic ring is 1. The molecule has 1 aliphatic carbocycles. The van der Waals surface area contributed by atoms with Crippen molar-refractivity contribution in [3.05, 3.63) is 23.1 Å². The molecule has 0 amide bonds. The Labute approximate surface area is 121 Å². The molecule has 0 saturated heterocycles. The second-order valence-corrected chi connectivity index (χ2v) is 7.09. The molecule has 0 spiro atoms. The minimum absolute atomic E-state index is 0.642. The molecule has 1 atom stereocenters. The van der Waals surface area contributed by atoms with Crippen LogP contribution in [-0.4, -0.2) is 15.7 Å². The Morgan fingerprint density at radius 2 is 2.37 bits per heavy atom. The van der Waals surface area contributed by atoms with Crippen LogP contribution in [0.1, 0.15) is 23.8 Å². The van der Waals surface area contributed by atoms with E-state index >= 15 is 0 Å². The number of rotatable bonds is 3. The van der Waals surface area contributed by atoms with Crippen molar-refractivity contribution >= 4 is 39.1 Å². The van der Waals surface area contributed by atoms with Crippen LogP contribution >= 0.6 is 23.1 Å². The van der Waals surface area contributed by atoms with E-state index in [1.807, 2.05) is 6.08 Å². The number of anilines is 1. The second kappa shape index (κ2) is 5.13. The van der Waals surface area contributed by atoms with Gasteiger partial charge in [0.2, 0.25) is 0 Å². The molecule has 100 valence electrons. The summed E-state index contributed by atoms with van der Waals surface area (Å²) < 4.78 is 0. The van der Waals surface area contributed by atoms with Crippen LogP contribution in [0.2, 0.25) is 0 Å². The molecule has 0 fully saturated rings. The van der Waals surface area contributed by atoms with Crippen molar-refractivity contribution in [3.8, 4) is 0 Å². The zero-order valence-electron chi connectivity index (χ0n) is 11.0. The number of hydrogen-bond acceptors (Lipinski definition) is 5. The number of thiophene rings is 1. The lowest BCUT2D eigenvalue weighted by molar-refractivity contribution is 0.508. The average molecular weight is 291 g/mol. The highest BCUT2D eigenvalue weighted by molar-refractivity contribution is 7.99. The predicted octanol–water partition coefficient (Wildman–Crippen LogP) is 3.68. The molecule has 0 aliphatic heterocycles. The fourth-order valence-electron chi connectivity index (χ4n) is 2.56. The van der Waals surface area contributed by atoms with Crippen molar-refractivity contribution in [2.24, 2.45) is 5.92 Å². The number of aryl methyl sites for hydroxylation is 1. The van der Waals surface area contributed by atoms with Gasteiger partial charge in [0.25, 0.3) is 0 Å². The summed E-state index contributed by atoms with van der Waals surface area (Å²) in [6.07, 6.45) is 5.40. The maximum absolute atomic E-state index is 6.16. The zero-order chi connectivity index (χ0) is 13.4. The molecule has 2 aromatic rings. The van der Waals surface area contributed by atoms with Crippen molar-refractivity contribution in [2.45, 2.75) is 31.3 Å². The number of aromatic nitrogens is 2. The van der Waals surface area contributed by atoms with Gasteiger partial charge in [-0.3, -0.25) is 0 Å². The van der Waals surface area contributed by atoms with E-state index in [9.17, 15) is 0 Å². The van der Waals surface area contributed by atoms with E-state index in [1.54, 1.807) is 23.1 Å². The third-order valence-electron chi connectivity index (χ3n) is 3.49. The predicted molar refractivity (Wildman–Crippen MR) is 83.9 cm³/mol. The maximum atomic E-state index is 6.16. The lowest BCUT2D eigenvalue weighted by Crippen LogP contribution is -2.09. The van der Waals surface area contributed by atoms with Gasteiger partial charge in [0, 0.05) is 10.6 Å². The Morgan fingerprint density at radius 3 is 3.16 bits per heavy atom. The van der Waals surface area contributed by atoms with Crippen molar-refractivity contribution in [1.29, 1.82) is 0 Å². The fraction of sp³-hybridized carbons (Fsp3) is 0.429. The molecule has 0 aromatic carbocycles. The van der Waals surface area contributed by atoms with Gasteiger partial charge in [-0.15, -0.1) is 17.9 Å². The second-order valence-electron chi connectivity index (χ2n) is 5.02. The van der Waals surface area contributed by atoms with Gasteiger partial charge in [-0.25, -0.2) is 9.97 Å². The summed E-state index contributed by atoms with van der Waals surface area (Å²) in [5.41, 5.74) is 7.56. The third-order valence-corrected chi connectivity index (χ3v) is 5.52. The Bertz CT molecular complexity index is 633. The highest BCUT2D eigenvalue weighted by Gasteiger charge is 2.23. The quantitative estimate of drug-likeness (QED) is 0.532. The molecule has 0 unspecified atom stereocenters. The van der Waals surface area contributed by atoms with Gasteiger partial charge in [0.1, 0.15) is 10.6 Å². The fourth-order valence-corrected chi connectivity index (χ4v) is 4.42. The molecule has 0 bridgehead atoms. The number of nitrogens with two attached hydrogens (primary N) is 1. The first kappa shape index (κ1) is 12.9. The summed E-state index contributed by atoms with van der Waals surface area (Å²) >= 11 is 3.38. The van der Waals surface area contributed by atoms with Crippen LogP contribution in [0.5, 0.6) is 0 Å². The molecule has 5 heteroatoms. The Hall–Kier alpha value is -1.07. The van der Waals surface area contributed by atoms with E-state index in [1.165, 1.54) is 16.9 Å². The Balaban J connectivity index is 2.09. The van der Waals surface area contributed by atoms with Gasteiger partial charge in [-0.05, 0) is 30.7 Å². The third kappa shape index (κ3) is 2.37. The molecule has 0 radical (unpaired) electrons. The van der Waals surface area contributed by atoms with Crippen molar-refractivity contribution in [3.63, 3.8) is 0 Å². The van der Waals surface area contributed by atoms with Crippen LogP contribution in [0.4, 0.5) is 5.82 Å². The number of thioether (sulfide) groups is 1. The van der Waals surface area contributed by atoms with Gasteiger partial charge in [-0.2, -0.15) is 0 Å². The highest BCUT2D eigenvalue weighted by atomic mass is 32.2. The largest absolute Gasteiger partial charge is 0.383 e. The van der Waals surface area contributed by atoms with E-state index in [-0.39, 0.29) is 0 Å². The van der Waals surface area contributed by atoms with Crippen LogP contribution in [0.25, 0.3) is 10.2 Å². The molecule has 0 saturated carbocycles. The van der Waals surface area contributed by atoms with Crippen LogP contribution < -0.4 is 5.73 Å². The highest BCUT2D eigenvalue weighted by Crippen LogP contribution is 2.39. The molecular formula is C14H17N3S2. The smallest absolute Gasteiger partial charge is 0.191 e. The van der Waals surface area contributed by atoms with E-state index in [4.69, 9.17) is 5.73 Å². The number of nitrogens with zero attached hydrogens (tertiary/aromatic N) is 2. The summed E-state index contributed by atoms with van der Waals surface area (Å²) in [7, 11) is 0. The van der Waals surface area contributed by atoms with Gasteiger partial charge >= 0.3 is 0 Å². The van der Waals surface area contributed by atoms with Crippen LogP contribution in [0, 0.1) is 5.92 Å². The summed E-state index contributed by atoms with van der Waals surface area (Å²) in [4.78, 5) is 11.6. The zero-order valence-corrected chi connectivity index (χ0v) is 12.6. The minimum Gasteiger partial charge on any atom is -0.383 e. The SMILES string of the molecule is C=CCSc1nc(N)c2c3c(sc2n1)CC[C@H](C)C3. The molecule has 19 heavy (non-hydrogen) atoms. The summed E-state index contributed by atoms with van der Waals surface area (Å²) in [5, 5.41) is 1.87. The molecule has 3 nitrogen and oxygen atoms in total. The normalized spacial score (nSPS) is 18.5. The van der Waals surface area contributed by atoms with E-state index in [2.05, 4.69) is 23.5 Å². The molecular weight excluding hydrogens is 274 g/mol. The Morgan fingerprint density at radius 1 is 1.53 bits per heavy atom. The van der Waals surface area contributed by atoms with Crippen LogP contribution in [0.3, 0.4) is 0 Å². The molecule has 2 heterocycles. The van der Waals surface area contributed by atoms with E-state index in [0.29, 0.717) is 5.82 Å². The van der Waals surface area contributed by atoms with E-state index < -0.39 is 0 Å². The maximum Gasteiger partial charge on any atom is 0.191 e. The lowest BCUT2D eigenvalue weighted by atomic mass is 9.89. The molecule has 1 aliphatic rings. The van der Waals surface area contributed by atoms with Crippen molar-refractivity contribution in [2.75, 3.05) is 11.5 Å². The number of hydrogen-bond donors (Lipinski definition) is 1. The first-order valence-electron chi connectivity index (χ1n) is 6.50. The van der Waals surface area contributed by atoms with E-state index in [0.717, 1.165) is 39.9 Å². The van der Waals surface area contributed by atoms with Gasteiger partial charge < -0.3 is 5.73 Å². The van der Waals surface area contributed by atoms with Gasteiger partial charge in [0.15, 0.2) is 5.16 Å². The van der Waals surface area contributed by atoms with Gasteiger partial charge in [-0.1, -0.05) is 24.8 Å². The summed E-state index contributed by atoms with van der Waals surface area (Å²) in [6.45, 7) is 6.02. The number of fused-ring (bicyclic) bond motifs is 3. The standard InChI is InChI=1S/C14H17N3S2/c1-3-6-18-14-16-12(15)11-9-7-8(2)4-5-10(9)19-13(11)17-14/h3,8H,1,4-7H2,2H3,(H2,15,16,17)/t8-/m0/s1. The molecule has 3 rings (SSSR count). The average Bonchev–Trinajstić information content (AvgIpc) is 2.74. The van der Waals surface area contributed by atoms with Crippen LogP contribution in [0.15, 0.2) is 17.8 Å². The van der Waals surface area contributed by atoms with Crippen LogP contribution in [-0.2, 0) is 12.8 Å². The lowest BCUT2D eigenvalue weighted by Gasteiger charge is -2.18. The Kier molecular flexibility index (Phi) is 3.50. The van der Waals surface area contributed by atoms with Crippen molar-refractivity contribution in [1.82, 2.24) is 9.97 Å². The molecule has 2 aromatic heterocycles. The van der Waals surface area contributed by atoms with Gasteiger partial charge in [0.05, 0.1) is 5.39 Å². The first-order valence-corrected chi connectivity index (χ1v) is 8.30.